The molecule has 1 aliphatic rings. The van der Waals surface area contributed by atoms with E-state index in [0.717, 1.165) is 31.7 Å². The quantitative estimate of drug-likeness (QED) is 0.899. The van der Waals surface area contributed by atoms with Crippen molar-refractivity contribution in [1.82, 2.24) is 15.2 Å². The van der Waals surface area contributed by atoms with E-state index in [1.54, 1.807) is 0 Å². The number of rotatable bonds is 4. The van der Waals surface area contributed by atoms with Crippen LogP contribution in [0.25, 0.3) is 0 Å². The lowest BCUT2D eigenvalue weighted by Gasteiger charge is -2.37. The molecule has 0 aliphatic carbocycles. The second kappa shape index (κ2) is 6.66. The largest absolute Gasteiger partial charge is 0.342 e. The van der Waals surface area contributed by atoms with Crippen molar-refractivity contribution in [3.05, 3.63) is 30.1 Å². The van der Waals surface area contributed by atoms with Gasteiger partial charge in [0.05, 0.1) is 5.69 Å². The molecule has 4 heteroatoms. The molecule has 0 radical (unpaired) electrons. The Hall–Kier alpha value is -1.42. The molecule has 1 amide bonds. The Balaban J connectivity index is 1.82. The van der Waals surface area contributed by atoms with Gasteiger partial charge in [-0.25, -0.2) is 0 Å². The summed E-state index contributed by atoms with van der Waals surface area (Å²) in [5.74, 6) is 0.767. The van der Waals surface area contributed by atoms with Crippen molar-refractivity contribution in [2.75, 3.05) is 13.1 Å². The molecule has 1 fully saturated rings. The maximum Gasteiger partial charge on any atom is 0.222 e. The first kappa shape index (κ1) is 14.0. The molecule has 0 bridgehead atoms. The monoisotopic (exact) mass is 261 g/mol. The van der Waals surface area contributed by atoms with Crippen molar-refractivity contribution in [3.8, 4) is 0 Å². The Labute approximate surface area is 115 Å². The fraction of sp³-hybridized carbons (Fsp3) is 0.600. The molecule has 104 valence electrons. The smallest absolute Gasteiger partial charge is 0.222 e. The summed E-state index contributed by atoms with van der Waals surface area (Å²) in [7, 11) is 0. The Morgan fingerprint density at radius 3 is 3.00 bits per heavy atom. The van der Waals surface area contributed by atoms with Gasteiger partial charge in [-0.3, -0.25) is 9.78 Å². The average Bonchev–Trinajstić information content (AvgIpc) is 2.46. The van der Waals surface area contributed by atoms with Gasteiger partial charge in [-0.2, -0.15) is 0 Å². The first-order valence-electron chi connectivity index (χ1n) is 7.11. The summed E-state index contributed by atoms with van der Waals surface area (Å²) in [5.41, 5.74) is 1.07. The summed E-state index contributed by atoms with van der Waals surface area (Å²) < 4.78 is 0. The Morgan fingerprint density at radius 2 is 2.37 bits per heavy atom. The van der Waals surface area contributed by atoms with Crippen molar-refractivity contribution in [2.24, 2.45) is 5.92 Å². The number of likely N-dealkylation sites (tertiary alicyclic amines) is 1. The van der Waals surface area contributed by atoms with Crippen molar-refractivity contribution in [3.63, 3.8) is 0 Å². The van der Waals surface area contributed by atoms with Gasteiger partial charge < -0.3 is 10.2 Å². The molecule has 0 saturated carbocycles. The summed E-state index contributed by atoms with van der Waals surface area (Å²) >= 11 is 0. The van der Waals surface area contributed by atoms with Gasteiger partial charge in [-0.05, 0) is 24.5 Å². The summed E-state index contributed by atoms with van der Waals surface area (Å²) in [4.78, 5) is 18.0. The first-order valence-corrected chi connectivity index (χ1v) is 7.11. The zero-order chi connectivity index (χ0) is 13.7. The maximum absolute atomic E-state index is 11.7. The average molecular weight is 261 g/mol. The lowest BCUT2D eigenvalue weighted by Crippen LogP contribution is -2.49. The molecular weight excluding hydrogens is 238 g/mol. The van der Waals surface area contributed by atoms with Gasteiger partial charge in [0.25, 0.3) is 0 Å². The summed E-state index contributed by atoms with van der Waals surface area (Å²) in [6, 6.07) is 6.45. The molecule has 1 saturated heterocycles. The van der Waals surface area contributed by atoms with Crippen LogP contribution in [0.5, 0.6) is 0 Å². The molecule has 1 aromatic heterocycles. The van der Waals surface area contributed by atoms with E-state index in [9.17, 15) is 4.79 Å². The van der Waals surface area contributed by atoms with Gasteiger partial charge in [0.1, 0.15) is 0 Å². The van der Waals surface area contributed by atoms with Crippen molar-refractivity contribution in [1.29, 1.82) is 0 Å². The molecule has 2 heterocycles. The molecule has 0 aromatic carbocycles. The lowest BCUT2D eigenvalue weighted by atomic mass is 9.93. The summed E-state index contributed by atoms with van der Waals surface area (Å²) in [6.07, 6.45) is 3.46. The van der Waals surface area contributed by atoms with Crippen LogP contribution in [-0.2, 0) is 11.3 Å². The second-order valence-electron chi connectivity index (χ2n) is 5.27. The molecule has 1 aliphatic heterocycles. The third-order valence-corrected chi connectivity index (χ3v) is 3.83. The number of nitrogens with zero attached hydrogens (tertiary/aromatic N) is 2. The minimum atomic E-state index is 0.273. The highest BCUT2D eigenvalue weighted by Crippen LogP contribution is 2.17. The minimum absolute atomic E-state index is 0.273. The third-order valence-electron chi connectivity index (χ3n) is 3.83. The van der Waals surface area contributed by atoms with Gasteiger partial charge in [0.15, 0.2) is 0 Å². The Morgan fingerprint density at radius 1 is 1.53 bits per heavy atom. The van der Waals surface area contributed by atoms with Crippen LogP contribution >= 0.6 is 0 Å². The molecule has 19 heavy (non-hydrogen) atoms. The topological polar surface area (TPSA) is 45.2 Å². The number of aromatic nitrogens is 1. The number of carbonyl (C=O) groups is 1. The molecule has 4 nitrogen and oxygen atoms in total. The maximum atomic E-state index is 11.7. The normalized spacial score (nSPS) is 23.4. The van der Waals surface area contributed by atoms with Crippen molar-refractivity contribution in [2.45, 2.75) is 39.3 Å². The van der Waals surface area contributed by atoms with E-state index in [0.29, 0.717) is 18.4 Å². The number of pyridine rings is 1. The van der Waals surface area contributed by atoms with Crippen LogP contribution in [0.1, 0.15) is 32.4 Å². The third kappa shape index (κ3) is 3.77. The number of amides is 1. The number of hydrogen-bond acceptors (Lipinski definition) is 3. The number of carbonyl (C=O) groups excluding carboxylic acids is 1. The minimum Gasteiger partial charge on any atom is -0.342 e. The van der Waals surface area contributed by atoms with Crippen LogP contribution < -0.4 is 5.32 Å². The molecule has 2 atom stereocenters. The van der Waals surface area contributed by atoms with Crippen LogP contribution in [0.4, 0.5) is 0 Å². The predicted molar refractivity (Wildman–Crippen MR) is 75.5 cm³/mol. The predicted octanol–water partition coefficient (Wildman–Crippen LogP) is 1.82. The highest BCUT2D eigenvalue weighted by Gasteiger charge is 2.27. The van der Waals surface area contributed by atoms with Gasteiger partial charge in [-0.1, -0.05) is 19.9 Å². The van der Waals surface area contributed by atoms with Gasteiger partial charge in [0, 0.05) is 38.3 Å². The van der Waals surface area contributed by atoms with Crippen molar-refractivity contribution < 1.29 is 4.79 Å². The number of piperidine rings is 1. The van der Waals surface area contributed by atoms with E-state index < -0.39 is 0 Å². The van der Waals surface area contributed by atoms with E-state index >= 15 is 0 Å². The molecule has 1 N–H and O–H groups in total. The fourth-order valence-electron chi connectivity index (χ4n) is 2.64. The van der Waals surface area contributed by atoms with Gasteiger partial charge in [0.2, 0.25) is 5.91 Å². The lowest BCUT2D eigenvalue weighted by molar-refractivity contribution is -0.132. The van der Waals surface area contributed by atoms with E-state index in [4.69, 9.17) is 0 Å². The second-order valence-corrected chi connectivity index (χ2v) is 5.27. The molecular formula is C15H23N3O. The van der Waals surface area contributed by atoms with Crippen LogP contribution in [0.15, 0.2) is 24.4 Å². The van der Waals surface area contributed by atoms with Crippen LogP contribution in [-0.4, -0.2) is 34.9 Å². The molecule has 0 unspecified atom stereocenters. The Kier molecular flexibility index (Phi) is 4.91. The van der Waals surface area contributed by atoms with E-state index in [-0.39, 0.29) is 5.91 Å². The summed E-state index contributed by atoms with van der Waals surface area (Å²) in [5, 5.41) is 3.56. The zero-order valence-corrected chi connectivity index (χ0v) is 11.8. The molecule has 2 rings (SSSR count). The molecule has 0 spiro atoms. The number of hydrogen-bond donors (Lipinski definition) is 1. The standard InChI is InChI=1S/C15H23N3O/c1-3-15(19)18-9-7-14(12(2)11-18)17-10-13-6-4-5-8-16-13/h4-6,8,12,14,17H,3,7,9-11H2,1-2H3/t12-,14-/m1/s1. The Bertz CT molecular complexity index is 407. The zero-order valence-electron chi connectivity index (χ0n) is 11.8. The van der Waals surface area contributed by atoms with E-state index in [1.165, 1.54) is 0 Å². The number of nitrogens with one attached hydrogen (secondary N) is 1. The highest BCUT2D eigenvalue weighted by molar-refractivity contribution is 5.75. The highest BCUT2D eigenvalue weighted by atomic mass is 16.2. The van der Waals surface area contributed by atoms with Crippen LogP contribution in [0.2, 0.25) is 0 Å². The molecule has 1 aromatic rings. The van der Waals surface area contributed by atoms with Crippen molar-refractivity contribution >= 4 is 5.91 Å². The summed E-state index contributed by atoms with van der Waals surface area (Å²) in [6.45, 7) is 6.69. The van der Waals surface area contributed by atoms with Gasteiger partial charge in [-0.15, -0.1) is 0 Å². The van der Waals surface area contributed by atoms with E-state index in [2.05, 4.69) is 17.2 Å². The van der Waals surface area contributed by atoms with Gasteiger partial charge >= 0.3 is 0 Å². The SMILES string of the molecule is CCC(=O)N1CC[C@@H](NCc2ccccn2)[C@H](C)C1. The first-order chi connectivity index (χ1) is 9.20. The van der Waals surface area contributed by atoms with E-state index in [1.807, 2.05) is 36.2 Å². The fourth-order valence-corrected chi connectivity index (χ4v) is 2.64. The van der Waals surface area contributed by atoms with Crippen LogP contribution in [0.3, 0.4) is 0 Å². The van der Waals surface area contributed by atoms with Crippen LogP contribution in [0, 0.1) is 5.92 Å².